The predicted octanol–water partition coefficient (Wildman–Crippen LogP) is 2.35. The minimum Gasteiger partial charge on any atom is -0.467 e. The fourth-order valence-corrected chi connectivity index (χ4v) is 2.49. The molecule has 1 saturated carbocycles. The van der Waals surface area contributed by atoms with Gasteiger partial charge in [-0.3, -0.25) is 9.59 Å². The molecule has 0 heterocycles. The Balaban J connectivity index is 2.08. The minimum absolute atomic E-state index is 0.0204. The molecule has 24 heavy (non-hydrogen) atoms. The van der Waals surface area contributed by atoms with Crippen molar-refractivity contribution in [1.29, 1.82) is 0 Å². The number of rotatable bonds is 6. The first-order chi connectivity index (χ1) is 11.3. The Morgan fingerprint density at radius 1 is 1.33 bits per heavy atom. The van der Waals surface area contributed by atoms with Gasteiger partial charge in [-0.2, -0.15) is 0 Å². The van der Waals surface area contributed by atoms with Crippen LogP contribution in [0.2, 0.25) is 0 Å². The van der Waals surface area contributed by atoms with Crippen LogP contribution in [0.15, 0.2) is 24.3 Å². The second kappa shape index (κ2) is 7.03. The van der Waals surface area contributed by atoms with Crippen LogP contribution >= 0.6 is 0 Å². The van der Waals surface area contributed by atoms with E-state index in [0.29, 0.717) is 23.6 Å². The number of methoxy groups -OCH3 is 1. The van der Waals surface area contributed by atoms with Gasteiger partial charge < -0.3 is 15.4 Å². The Bertz CT molecular complexity index is 658. The molecule has 1 aliphatic carbocycles. The number of carbonyl (C=O) groups excluding carboxylic acids is 3. The topological polar surface area (TPSA) is 84.5 Å². The highest BCUT2D eigenvalue weighted by molar-refractivity contribution is 6.00. The summed E-state index contributed by atoms with van der Waals surface area (Å²) < 4.78 is 4.75. The van der Waals surface area contributed by atoms with E-state index in [9.17, 15) is 14.4 Å². The Morgan fingerprint density at radius 2 is 2.00 bits per heavy atom. The van der Waals surface area contributed by atoms with Crippen LogP contribution in [0.3, 0.4) is 0 Å². The lowest BCUT2D eigenvalue weighted by molar-refractivity contribution is -0.147. The molecule has 0 bridgehead atoms. The molecule has 0 spiro atoms. The highest BCUT2D eigenvalue weighted by atomic mass is 16.5. The first kappa shape index (κ1) is 18.0. The van der Waals surface area contributed by atoms with Gasteiger partial charge in [0.25, 0.3) is 5.91 Å². The van der Waals surface area contributed by atoms with Gasteiger partial charge in [-0.15, -0.1) is 0 Å². The smallest absolute Gasteiger partial charge is 0.331 e. The molecule has 1 aliphatic rings. The minimum atomic E-state index is -1.09. The molecule has 3 atom stereocenters. The number of esters is 1. The second-order valence-electron chi connectivity index (χ2n) is 6.52. The van der Waals surface area contributed by atoms with Crippen molar-refractivity contribution in [3.63, 3.8) is 0 Å². The fraction of sp³-hybridized carbons (Fsp3) is 0.500. The number of ether oxygens (including phenoxy) is 1. The molecule has 1 aromatic carbocycles. The Kier molecular flexibility index (Phi) is 5.26. The van der Waals surface area contributed by atoms with Gasteiger partial charge in [0, 0.05) is 17.2 Å². The van der Waals surface area contributed by atoms with Gasteiger partial charge in [0.1, 0.15) is 5.54 Å². The molecule has 130 valence electrons. The van der Waals surface area contributed by atoms with E-state index in [1.807, 2.05) is 6.92 Å². The SMILES string of the molecule is CC[C@](C)(NC(=O)c1cccc(NC(=O)[C@H]2C[C@@H]2C)c1)C(=O)OC. The number of benzene rings is 1. The molecule has 2 rings (SSSR count). The summed E-state index contributed by atoms with van der Waals surface area (Å²) in [6.45, 7) is 5.45. The van der Waals surface area contributed by atoms with Crippen LogP contribution in [0.25, 0.3) is 0 Å². The fourth-order valence-electron chi connectivity index (χ4n) is 2.49. The van der Waals surface area contributed by atoms with Gasteiger partial charge >= 0.3 is 5.97 Å². The third-order valence-corrected chi connectivity index (χ3v) is 4.57. The molecule has 0 radical (unpaired) electrons. The summed E-state index contributed by atoms with van der Waals surface area (Å²) in [5.74, 6) is -0.425. The lowest BCUT2D eigenvalue weighted by Gasteiger charge is -2.26. The zero-order valence-corrected chi connectivity index (χ0v) is 14.5. The van der Waals surface area contributed by atoms with Crippen LogP contribution in [0, 0.1) is 11.8 Å². The highest BCUT2D eigenvalue weighted by Crippen LogP contribution is 2.38. The monoisotopic (exact) mass is 332 g/mol. The van der Waals surface area contributed by atoms with Crippen molar-refractivity contribution >= 4 is 23.5 Å². The van der Waals surface area contributed by atoms with Crippen LogP contribution in [-0.2, 0) is 14.3 Å². The van der Waals surface area contributed by atoms with Crippen molar-refractivity contribution in [2.24, 2.45) is 11.8 Å². The Morgan fingerprint density at radius 3 is 2.54 bits per heavy atom. The zero-order chi connectivity index (χ0) is 17.9. The van der Waals surface area contributed by atoms with Gasteiger partial charge in [-0.05, 0) is 43.9 Å². The number of carbonyl (C=O) groups is 3. The summed E-state index contributed by atoms with van der Waals surface area (Å²) in [7, 11) is 1.29. The Labute approximate surface area is 142 Å². The Hall–Kier alpha value is -2.37. The predicted molar refractivity (Wildman–Crippen MR) is 90.5 cm³/mol. The quantitative estimate of drug-likeness (QED) is 0.783. The third kappa shape index (κ3) is 3.93. The largest absolute Gasteiger partial charge is 0.467 e. The van der Waals surface area contributed by atoms with Gasteiger partial charge in [-0.1, -0.05) is 19.9 Å². The maximum Gasteiger partial charge on any atom is 0.331 e. The molecule has 0 aromatic heterocycles. The zero-order valence-electron chi connectivity index (χ0n) is 14.5. The lowest BCUT2D eigenvalue weighted by Crippen LogP contribution is -2.52. The van der Waals surface area contributed by atoms with Gasteiger partial charge in [0.2, 0.25) is 5.91 Å². The van der Waals surface area contributed by atoms with Crippen LogP contribution in [-0.4, -0.2) is 30.4 Å². The van der Waals surface area contributed by atoms with E-state index in [-0.39, 0.29) is 17.7 Å². The van der Waals surface area contributed by atoms with E-state index < -0.39 is 11.5 Å². The summed E-state index contributed by atoms with van der Waals surface area (Å²) in [5, 5.41) is 5.54. The van der Waals surface area contributed by atoms with Crippen molar-refractivity contribution in [2.75, 3.05) is 12.4 Å². The molecule has 6 heteroatoms. The number of hydrogen-bond donors (Lipinski definition) is 2. The van der Waals surface area contributed by atoms with Gasteiger partial charge in [-0.25, -0.2) is 4.79 Å². The number of amides is 2. The van der Waals surface area contributed by atoms with Gasteiger partial charge in [0.05, 0.1) is 7.11 Å². The van der Waals surface area contributed by atoms with Crippen LogP contribution < -0.4 is 10.6 Å². The summed E-state index contributed by atoms with van der Waals surface area (Å²) in [6.07, 6.45) is 1.31. The van der Waals surface area contributed by atoms with E-state index in [4.69, 9.17) is 4.74 Å². The molecular weight excluding hydrogens is 308 g/mol. The first-order valence-electron chi connectivity index (χ1n) is 8.12. The van der Waals surface area contributed by atoms with Crippen molar-refractivity contribution in [3.8, 4) is 0 Å². The standard InChI is InChI=1S/C18H24N2O4/c1-5-18(3,17(23)24-4)20-15(21)12-7-6-8-13(10-12)19-16(22)14-9-11(14)2/h6-8,10-11,14H,5,9H2,1-4H3,(H,19,22)(H,20,21)/t11-,14-,18-/m0/s1. The molecule has 6 nitrogen and oxygen atoms in total. The first-order valence-corrected chi connectivity index (χ1v) is 8.12. The molecule has 0 saturated heterocycles. The van der Waals surface area contributed by atoms with Crippen LogP contribution in [0.5, 0.6) is 0 Å². The summed E-state index contributed by atoms with van der Waals surface area (Å²) >= 11 is 0. The third-order valence-electron chi connectivity index (χ3n) is 4.57. The maximum absolute atomic E-state index is 12.4. The van der Waals surface area contributed by atoms with Crippen molar-refractivity contribution < 1.29 is 19.1 Å². The average molecular weight is 332 g/mol. The van der Waals surface area contributed by atoms with Crippen molar-refractivity contribution in [3.05, 3.63) is 29.8 Å². The second-order valence-corrected chi connectivity index (χ2v) is 6.52. The molecule has 0 unspecified atom stereocenters. The summed E-state index contributed by atoms with van der Waals surface area (Å²) in [5.41, 5.74) is -0.141. The molecule has 0 aliphatic heterocycles. The molecular formula is C18H24N2O4. The number of nitrogens with one attached hydrogen (secondary N) is 2. The summed E-state index contributed by atoms with van der Waals surface area (Å²) in [4.78, 5) is 36.3. The maximum atomic E-state index is 12.4. The molecule has 1 fully saturated rings. The number of hydrogen-bond acceptors (Lipinski definition) is 4. The van der Waals surface area contributed by atoms with Crippen LogP contribution in [0.4, 0.5) is 5.69 Å². The van der Waals surface area contributed by atoms with Crippen molar-refractivity contribution in [1.82, 2.24) is 5.32 Å². The van der Waals surface area contributed by atoms with Gasteiger partial charge in [0.15, 0.2) is 0 Å². The molecule has 2 N–H and O–H groups in total. The normalized spacial score (nSPS) is 21.3. The van der Waals surface area contributed by atoms with E-state index in [1.54, 1.807) is 38.1 Å². The summed E-state index contributed by atoms with van der Waals surface area (Å²) in [6, 6.07) is 6.68. The van der Waals surface area contributed by atoms with E-state index in [0.717, 1.165) is 6.42 Å². The molecule has 1 aromatic rings. The lowest BCUT2D eigenvalue weighted by atomic mass is 9.98. The van der Waals surface area contributed by atoms with E-state index in [2.05, 4.69) is 10.6 Å². The van der Waals surface area contributed by atoms with E-state index in [1.165, 1.54) is 7.11 Å². The van der Waals surface area contributed by atoms with Crippen LogP contribution in [0.1, 0.15) is 44.0 Å². The average Bonchev–Trinajstić information content (AvgIpc) is 3.31. The number of anilines is 1. The molecule has 2 amide bonds. The highest BCUT2D eigenvalue weighted by Gasteiger charge is 2.39. The van der Waals surface area contributed by atoms with Crippen molar-refractivity contribution in [2.45, 2.75) is 39.2 Å². The van der Waals surface area contributed by atoms with E-state index >= 15 is 0 Å².